The van der Waals surface area contributed by atoms with Crippen molar-refractivity contribution in [2.24, 2.45) is 4.99 Å². The summed E-state index contributed by atoms with van der Waals surface area (Å²) in [5.74, 6) is -0.330. The fourth-order valence-electron chi connectivity index (χ4n) is 1.33. The molecule has 0 aromatic heterocycles. The van der Waals surface area contributed by atoms with Crippen LogP contribution in [0, 0.1) is 5.82 Å². The van der Waals surface area contributed by atoms with E-state index in [0.717, 1.165) is 24.1 Å². The maximum absolute atomic E-state index is 12.9. The summed E-state index contributed by atoms with van der Waals surface area (Å²) in [5.41, 5.74) is 7.55. The Balaban J connectivity index is 2.58. The van der Waals surface area contributed by atoms with Crippen LogP contribution in [-0.2, 0) is 6.42 Å². The maximum Gasteiger partial charge on any atom is 0.146 e. The van der Waals surface area contributed by atoms with Gasteiger partial charge in [-0.2, -0.15) is 0 Å². The molecule has 0 atom stereocenters. The van der Waals surface area contributed by atoms with Crippen LogP contribution in [0.25, 0.3) is 0 Å². The van der Waals surface area contributed by atoms with Gasteiger partial charge in [-0.25, -0.2) is 4.39 Å². The second-order valence-electron chi connectivity index (χ2n) is 2.86. The molecule has 1 aromatic rings. The SMILES string of the molecule is Nc1cc2c(cc1F)CCN=C2. The summed E-state index contributed by atoms with van der Waals surface area (Å²) < 4.78 is 12.9. The van der Waals surface area contributed by atoms with Crippen LogP contribution in [0.15, 0.2) is 17.1 Å². The number of rotatable bonds is 0. The smallest absolute Gasteiger partial charge is 0.146 e. The summed E-state index contributed by atoms with van der Waals surface area (Å²) in [4.78, 5) is 4.09. The maximum atomic E-state index is 12.9. The zero-order chi connectivity index (χ0) is 8.55. The molecule has 3 heteroatoms. The van der Waals surface area contributed by atoms with Gasteiger partial charge in [-0.15, -0.1) is 0 Å². The lowest BCUT2D eigenvalue weighted by Gasteiger charge is -2.10. The quantitative estimate of drug-likeness (QED) is 0.578. The minimum absolute atomic E-state index is 0.196. The van der Waals surface area contributed by atoms with Crippen LogP contribution >= 0.6 is 0 Å². The second kappa shape index (κ2) is 2.59. The molecule has 1 aliphatic heterocycles. The van der Waals surface area contributed by atoms with Gasteiger partial charge in [0.2, 0.25) is 0 Å². The van der Waals surface area contributed by atoms with Crippen molar-refractivity contribution < 1.29 is 4.39 Å². The van der Waals surface area contributed by atoms with Crippen molar-refractivity contribution in [3.8, 4) is 0 Å². The van der Waals surface area contributed by atoms with Gasteiger partial charge in [0.15, 0.2) is 0 Å². The van der Waals surface area contributed by atoms with Crippen molar-refractivity contribution in [2.75, 3.05) is 12.3 Å². The third kappa shape index (κ3) is 1.07. The summed E-state index contributed by atoms with van der Waals surface area (Å²) in [5, 5.41) is 0. The number of fused-ring (bicyclic) bond motifs is 1. The molecular weight excluding hydrogens is 155 g/mol. The molecule has 0 radical (unpaired) electrons. The van der Waals surface area contributed by atoms with Crippen LogP contribution in [0.1, 0.15) is 11.1 Å². The number of halogens is 1. The van der Waals surface area contributed by atoms with Crippen LogP contribution < -0.4 is 5.73 Å². The molecule has 0 unspecified atom stereocenters. The van der Waals surface area contributed by atoms with Gasteiger partial charge < -0.3 is 5.73 Å². The Kier molecular flexibility index (Phi) is 1.57. The number of anilines is 1. The lowest BCUT2D eigenvalue weighted by atomic mass is 10.0. The van der Waals surface area contributed by atoms with Crippen LogP contribution in [0.3, 0.4) is 0 Å². The fraction of sp³-hybridized carbons (Fsp3) is 0.222. The predicted octanol–water partition coefficient (Wildman–Crippen LogP) is 1.38. The highest BCUT2D eigenvalue weighted by atomic mass is 19.1. The molecule has 2 nitrogen and oxygen atoms in total. The van der Waals surface area contributed by atoms with E-state index in [9.17, 15) is 4.39 Å². The van der Waals surface area contributed by atoms with E-state index in [0.29, 0.717) is 0 Å². The Morgan fingerprint density at radius 1 is 1.42 bits per heavy atom. The van der Waals surface area contributed by atoms with Gasteiger partial charge in [-0.05, 0) is 29.7 Å². The number of nitrogens with two attached hydrogens (primary N) is 1. The second-order valence-corrected chi connectivity index (χ2v) is 2.86. The molecule has 62 valence electrons. The Bertz CT molecular complexity index is 345. The van der Waals surface area contributed by atoms with Gasteiger partial charge in [0, 0.05) is 12.8 Å². The molecule has 0 saturated carbocycles. The van der Waals surface area contributed by atoms with Crippen LogP contribution in [0.2, 0.25) is 0 Å². The first-order valence-electron chi connectivity index (χ1n) is 3.85. The van der Waals surface area contributed by atoms with E-state index < -0.39 is 0 Å². The Morgan fingerprint density at radius 3 is 3.08 bits per heavy atom. The summed E-state index contributed by atoms with van der Waals surface area (Å²) in [6.07, 6.45) is 2.55. The van der Waals surface area contributed by atoms with E-state index in [1.165, 1.54) is 6.07 Å². The summed E-state index contributed by atoms with van der Waals surface area (Å²) in [6, 6.07) is 3.13. The number of hydrogen-bond acceptors (Lipinski definition) is 2. The van der Waals surface area contributed by atoms with Gasteiger partial charge in [-0.3, -0.25) is 4.99 Å². The zero-order valence-electron chi connectivity index (χ0n) is 6.55. The molecule has 2 rings (SSSR count). The predicted molar refractivity (Wildman–Crippen MR) is 47.0 cm³/mol. The highest BCUT2D eigenvalue weighted by Gasteiger charge is 2.08. The lowest BCUT2D eigenvalue weighted by Crippen LogP contribution is -2.05. The van der Waals surface area contributed by atoms with E-state index in [1.54, 1.807) is 12.3 Å². The first kappa shape index (κ1) is 7.28. The molecule has 0 bridgehead atoms. The molecule has 0 saturated heterocycles. The largest absolute Gasteiger partial charge is 0.396 e. The molecule has 1 heterocycles. The van der Waals surface area contributed by atoms with Gasteiger partial charge in [0.1, 0.15) is 5.82 Å². The number of benzene rings is 1. The first-order chi connectivity index (χ1) is 5.77. The number of aliphatic imine (C=N–C) groups is 1. The minimum atomic E-state index is -0.330. The minimum Gasteiger partial charge on any atom is -0.396 e. The number of hydrogen-bond donors (Lipinski definition) is 1. The molecular formula is C9H9FN2. The highest BCUT2D eigenvalue weighted by molar-refractivity contribution is 5.84. The molecule has 1 aliphatic rings. The normalized spacial score (nSPS) is 14.4. The third-order valence-electron chi connectivity index (χ3n) is 2.00. The fourth-order valence-corrected chi connectivity index (χ4v) is 1.33. The molecule has 0 aliphatic carbocycles. The van der Waals surface area contributed by atoms with Crippen molar-refractivity contribution in [3.05, 3.63) is 29.1 Å². The third-order valence-corrected chi connectivity index (χ3v) is 2.00. The monoisotopic (exact) mass is 164 g/mol. The molecule has 1 aromatic carbocycles. The topological polar surface area (TPSA) is 38.4 Å². The highest BCUT2D eigenvalue weighted by Crippen LogP contribution is 2.18. The molecule has 0 spiro atoms. The average molecular weight is 164 g/mol. The van der Waals surface area contributed by atoms with Crippen LogP contribution in [0.5, 0.6) is 0 Å². The summed E-state index contributed by atoms with van der Waals surface area (Å²) in [6.45, 7) is 0.746. The van der Waals surface area contributed by atoms with E-state index in [4.69, 9.17) is 5.73 Å². The molecule has 2 N–H and O–H groups in total. The van der Waals surface area contributed by atoms with E-state index in [1.807, 2.05) is 0 Å². The zero-order valence-corrected chi connectivity index (χ0v) is 6.55. The molecule has 0 amide bonds. The Labute approximate surface area is 69.9 Å². The van der Waals surface area contributed by atoms with Gasteiger partial charge in [0.25, 0.3) is 0 Å². The van der Waals surface area contributed by atoms with Crippen molar-refractivity contribution >= 4 is 11.9 Å². The summed E-state index contributed by atoms with van der Waals surface area (Å²) in [7, 11) is 0. The van der Waals surface area contributed by atoms with E-state index >= 15 is 0 Å². The van der Waals surface area contributed by atoms with Crippen molar-refractivity contribution in [2.45, 2.75) is 6.42 Å². The standard InChI is InChI=1S/C9H9FN2/c10-8-3-6-1-2-12-5-7(6)4-9(8)11/h3-5H,1-2,11H2. The first-order valence-corrected chi connectivity index (χ1v) is 3.85. The number of nitrogens with zero attached hydrogens (tertiary/aromatic N) is 1. The van der Waals surface area contributed by atoms with Crippen molar-refractivity contribution in [3.63, 3.8) is 0 Å². The molecule has 12 heavy (non-hydrogen) atoms. The Morgan fingerprint density at radius 2 is 2.25 bits per heavy atom. The lowest BCUT2D eigenvalue weighted by molar-refractivity contribution is 0.629. The van der Waals surface area contributed by atoms with E-state index in [2.05, 4.69) is 4.99 Å². The van der Waals surface area contributed by atoms with Gasteiger partial charge >= 0.3 is 0 Å². The summed E-state index contributed by atoms with van der Waals surface area (Å²) >= 11 is 0. The van der Waals surface area contributed by atoms with Gasteiger partial charge in [0.05, 0.1) is 5.69 Å². The molecule has 0 fully saturated rings. The average Bonchev–Trinajstić information content (AvgIpc) is 2.07. The van der Waals surface area contributed by atoms with E-state index in [-0.39, 0.29) is 11.5 Å². The Hall–Kier alpha value is -1.38. The van der Waals surface area contributed by atoms with Crippen molar-refractivity contribution in [1.29, 1.82) is 0 Å². The number of nitrogen functional groups attached to an aromatic ring is 1. The van der Waals surface area contributed by atoms with Crippen molar-refractivity contribution in [1.82, 2.24) is 0 Å². The van der Waals surface area contributed by atoms with Crippen LogP contribution in [-0.4, -0.2) is 12.8 Å². The van der Waals surface area contributed by atoms with Gasteiger partial charge in [-0.1, -0.05) is 0 Å². The van der Waals surface area contributed by atoms with Crippen LogP contribution in [0.4, 0.5) is 10.1 Å².